The second kappa shape index (κ2) is 4.65. The van der Waals surface area contributed by atoms with Crippen molar-refractivity contribution in [3.63, 3.8) is 0 Å². The standard InChI is InChI=1S/C7H5NO4.Li.H/c9-6(10)4-2-1-3-8-5(4)7(11)12;;/h1-3H,(H,9,10)(H,11,12);;. The number of hydrogen-bond donors (Lipinski definition) is 2. The van der Waals surface area contributed by atoms with Gasteiger partial charge in [-0.2, -0.15) is 0 Å². The molecule has 0 radical (unpaired) electrons. The molecule has 0 fully saturated rings. The molecule has 2 N–H and O–H groups in total. The third-order valence-electron chi connectivity index (χ3n) is 1.24. The summed E-state index contributed by atoms with van der Waals surface area (Å²) in [5, 5.41) is 17.0. The molecule has 0 amide bonds. The van der Waals surface area contributed by atoms with Gasteiger partial charge in [0.05, 0.1) is 5.56 Å². The quantitative estimate of drug-likeness (QED) is 0.609. The average Bonchev–Trinajstić information content (AvgIpc) is 2.04. The van der Waals surface area contributed by atoms with Crippen molar-refractivity contribution in [3.8, 4) is 0 Å². The van der Waals surface area contributed by atoms with E-state index < -0.39 is 17.6 Å². The molecule has 0 aliphatic carbocycles. The van der Waals surface area contributed by atoms with Crippen LogP contribution in [0, 0.1) is 0 Å². The second-order valence-electron chi connectivity index (χ2n) is 2.01. The molecule has 1 rings (SSSR count). The van der Waals surface area contributed by atoms with Gasteiger partial charge in [-0.1, -0.05) is 0 Å². The number of aromatic nitrogens is 1. The molecule has 64 valence electrons. The van der Waals surface area contributed by atoms with Crippen LogP contribution in [0.25, 0.3) is 0 Å². The van der Waals surface area contributed by atoms with Crippen molar-refractivity contribution >= 4 is 30.8 Å². The fourth-order valence-corrected chi connectivity index (χ4v) is 0.748. The summed E-state index contributed by atoms with van der Waals surface area (Å²) in [4.78, 5) is 24.2. The maximum absolute atomic E-state index is 10.4. The second-order valence-corrected chi connectivity index (χ2v) is 2.01. The van der Waals surface area contributed by atoms with E-state index in [4.69, 9.17) is 10.2 Å². The van der Waals surface area contributed by atoms with Gasteiger partial charge in [0.1, 0.15) is 0 Å². The van der Waals surface area contributed by atoms with Crippen LogP contribution < -0.4 is 0 Å². The van der Waals surface area contributed by atoms with Gasteiger partial charge in [-0.05, 0) is 12.1 Å². The van der Waals surface area contributed by atoms with Crippen LogP contribution in [0.4, 0.5) is 0 Å². The molecule has 0 atom stereocenters. The van der Waals surface area contributed by atoms with Crippen molar-refractivity contribution in [1.29, 1.82) is 0 Å². The van der Waals surface area contributed by atoms with Gasteiger partial charge >= 0.3 is 30.8 Å². The minimum absolute atomic E-state index is 0. The Morgan fingerprint density at radius 1 is 1.23 bits per heavy atom. The van der Waals surface area contributed by atoms with Gasteiger partial charge in [0, 0.05) is 6.20 Å². The number of nitrogens with zero attached hydrogens (tertiary/aromatic N) is 1. The Balaban J connectivity index is 0.00000144. The van der Waals surface area contributed by atoms with Crippen molar-refractivity contribution < 1.29 is 19.8 Å². The van der Waals surface area contributed by atoms with Gasteiger partial charge in [0.15, 0.2) is 5.69 Å². The van der Waals surface area contributed by atoms with E-state index in [-0.39, 0.29) is 24.4 Å². The number of hydrogen-bond acceptors (Lipinski definition) is 3. The van der Waals surface area contributed by atoms with Crippen LogP contribution in [-0.4, -0.2) is 46.0 Å². The Morgan fingerprint density at radius 3 is 2.23 bits per heavy atom. The number of carbonyl (C=O) groups is 2. The number of carboxylic acid groups (broad SMARTS) is 2. The first-order valence-corrected chi connectivity index (χ1v) is 3.04. The number of rotatable bonds is 2. The first kappa shape index (κ1) is 11.7. The molecule has 0 bridgehead atoms. The molecular formula is C7H6LiNO4. The van der Waals surface area contributed by atoms with E-state index in [9.17, 15) is 9.59 Å². The predicted octanol–water partition coefficient (Wildman–Crippen LogP) is -0.171. The zero-order valence-electron chi connectivity index (χ0n) is 5.89. The summed E-state index contributed by atoms with van der Waals surface area (Å²) in [5.41, 5.74) is -0.741. The molecule has 5 nitrogen and oxygen atoms in total. The molecule has 1 aromatic rings. The fraction of sp³-hybridized carbons (Fsp3) is 0. The third-order valence-corrected chi connectivity index (χ3v) is 1.24. The molecule has 0 aromatic carbocycles. The number of carboxylic acids is 2. The first-order chi connectivity index (χ1) is 5.63. The topological polar surface area (TPSA) is 87.5 Å². The SMILES string of the molecule is O=C(O)c1cccnc1C(=O)O.[LiH]. The van der Waals surface area contributed by atoms with Crippen molar-refractivity contribution in [2.75, 3.05) is 0 Å². The van der Waals surface area contributed by atoms with Crippen LogP contribution in [0.5, 0.6) is 0 Å². The minimum atomic E-state index is -1.34. The van der Waals surface area contributed by atoms with Gasteiger partial charge in [0.2, 0.25) is 0 Å². The summed E-state index contributed by atoms with van der Waals surface area (Å²) in [7, 11) is 0. The predicted molar refractivity (Wildman–Crippen MR) is 45.3 cm³/mol. The molecule has 13 heavy (non-hydrogen) atoms. The van der Waals surface area contributed by atoms with Crippen LogP contribution in [0.1, 0.15) is 20.8 Å². The van der Waals surface area contributed by atoms with Crippen molar-refractivity contribution in [2.45, 2.75) is 0 Å². The van der Waals surface area contributed by atoms with Crippen LogP contribution in [-0.2, 0) is 0 Å². The van der Waals surface area contributed by atoms with Crippen LogP contribution in [0.3, 0.4) is 0 Å². The molecule has 0 unspecified atom stereocenters. The summed E-state index contributed by atoms with van der Waals surface area (Å²) < 4.78 is 0. The molecular weight excluding hydrogens is 169 g/mol. The monoisotopic (exact) mass is 175 g/mol. The van der Waals surface area contributed by atoms with Gasteiger partial charge in [-0.3, -0.25) is 0 Å². The van der Waals surface area contributed by atoms with Crippen LogP contribution in [0.2, 0.25) is 0 Å². The normalized spacial score (nSPS) is 8.62. The Hall–Kier alpha value is -1.31. The van der Waals surface area contributed by atoms with Crippen LogP contribution >= 0.6 is 0 Å². The van der Waals surface area contributed by atoms with E-state index in [1.807, 2.05) is 0 Å². The van der Waals surface area contributed by atoms with Gasteiger partial charge < -0.3 is 10.2 Å². The Labute approximate surface area is 85.6 Å². The van der Waals surface area contributed by atoms with E-state index in [0.29, 0.717) is 0 Å². The van der Waals surface area contributed by atoms with E-state index in [2.05, 4.69) is 4.98 Å². The van der Waals surface area contributed by atoms with E-state index >= 15 is 0 Å². The number of aromatic carboxylic acids is 2. The Bertz CT molecular complexity index is 306. The summed E-state index contributed by atoms with van der Waals surface area (Å²) in [6, 6.07) is 2.56. The Morgan fingerprint density at radius 2 is 1.85 bits per heavy atom. The van der Waals surface area contributed by atoms with Crippen molar-refractivity contribution in [3.05, 3.63) is 29.6 Å². The average molecular weight is 175 g/mol. The molecule has 0 aliphatic rings. The van der Waals surface area contributed by atoms with Crippen molar-refractivity contribution in [1.82, 2.24) is 4.98 Å². The summed E-state index contributed by atoms with van der Waals surface area (Å²) in [5.74, 6) is -2.63. The summed E-state index contributed by atoms with van der Waals surface area (Å²) in [6.07, 6.45) is 1.23. The van der Waals surface area contributed by atoms with Gasteiger partial charge in [0.25, 0.3) is 0 Å². The summed E-state index contributed by atoms with van der Waals surface area (Å²) >= 11 is 0. The zero-order chi connectivity index (χ0) is 9.14. The molecule has 0 saturated carbocycles. The van der Waals surface area contributed by atoms with Crippen molar-refractivity contribution in [2.24, 2.45) is 0 Å². The summed E-state index contributed by atoms with van der Waals surface area (Å²) in [6.45, 7) is 0. The molecule has 1 heterocycles. The molecule has 0 saturated heterocycles. The van der Waals surface area contributed by atoms with Crippen LogP contribution in [0.15, 0.2) is 18.3 Å². The molecule has 6 heteroatoms. The Kier molecular flexibility index (Phi) is 4.18. The third kappa shape index (κ3) is 2.58. The van der Waals surface area contributed by atoms with Gasteiger partial charge in [-0.25, -0.2) is 14.6 Å². The fourth-order valence-electron chi connectivity index (χ4n) is 0.748. The molecule has 1 aromatic heterocycles. The zero-order valence-corrected chi connectivity index (χ0v) is 5.89. The van der Waals surface area contributed by atoms with E-state index in [0.717, 1.165) is 0 Å². The van der Waals surface area contributed by atoms with E-state index in [1.165, 1.54) is 18.3 Å². The molecule has 0 spiro atoms. The molecule has 0 aliphatic heterocycles. The first-order valence-electron chi connectivity index (χ1n) is 3.04. The van der Waals surface area contributed by atoms with Gasteiger partial charge in [-0.15, -0.1) is 0 Å². The maximum atomic E-state index is 10.4. The van der Waals surface area contributed by atoms with E-state index in [1.54, 1.807) is 0 Å². The number of pyridine rings is 1.